The fourth-order valence-electron chi connectivity index (χ4n) is 1.99. The molecule has 122 valence electrons. The van der Waals surface area contributed by atoms with Crippen LogP contribution in [0, 0.1) is 5.92 Å². The van der Waals surface area contributed by atoms with E-state index in [1.54, 1.807) is 24.0 Å². The number of hydrogen-bond acceptors (Lipinski definition) is 3. The molecule has 1 rings (SSSR count). The highest BCUT2D eigenvalue weighted by Crippen LogP contribution is 2.15. The lowest BCUT2D eigenvalue weighted by Crippen LogP contribution is -2.34. The van der Waals surface area contributed by atoms with E-state index in [0.717, 1.165) is 10.9 Å². The lowest BCUT2D eigenvalue weighted by molar-refractivity contribution is -0.143. The van der Waals surface area contributed by atoms with E-state index >= 15 is 0 Å². The number of rotatable bonds is 8. The maximum atomic E-state index is 12.6. The van der Waals surface area contributed by atoms with Crippen molar-refractivity contribution in [2.75, 3.05) is 19.7 Å². The zero-order valence-corrected chi connectivity index (χ0v) is 15.1. The molecule has 0 aliphatic rings. The van der Waals surface area contributed by atoms with Crippen molar-refractivity contribution in [2.45, 2.75) is 33.6 Å². The van der Waals surface area contributed by atoms with Crippen LogP contribution in [0.1, 0.15) is 44.0 Å². The van der Waals surface area contributed by atoms with E-state index < -0.39 is 0 Å². The van der Waals surface area contributed by atoms with Crippen molar-refractivity contribution in [1.82, 2.24) is 4.90 Å². The summed E-state index contributed by atoms with van der Waals surface area (Å²) in [5.74, 6) is 0.186. The number of carbonyl (C=O) groups is 2. The van der Waals surface area contributed by atoms with E-state index in [2.05, 4.69) is 29.8 Å². The first-order valence-corrected chi connectivity index (χ1v) is 8.43. The molecule has 1 aromatic rings. The van der Waals surface area contributed by atoms with E-state index in [0.29, 0.717) is 31.2 Å². The fourth-order valence-corrected chi connectivity index (χ4v) is 2.39. The molecule has 1 amide bonds. The van der Waals surface area contributed by atoms with Crippen LogP contribution in [-0.4, -0.2) is 36.5 Å². The van der Waals surface area contributed by atoms with Crippen LogP contribution in [0.5, 0.6) is 0 Å². The molecular formula is C17H24BrNO3. The molecular weight excluding hydrogens is 346 g/mol. The fraction of sp³-hybridized carbons (Fsp3) is 0.529. The smallest absolute Gasteiger partial charge is 0.307 e. The molecule has 0 saturated heterocycles. The predicted molar refractivity (Wildman–Crippen MR) is 90.8 cm³/mol. The van der Waals surface area contributed by atoms with Crippen molar-refractivity contribution in [3.63, 3.8) is 0 Å². The normalized spacial score (nSPS) is 10.6. The second-order valence-electron chi connectivity index (χ2n) is 5.54. The van der Waals surface area contributed by atoms with Gasteiger partial charge < -0.3 is 9.64 Å². The van der Waals surface area contributed by atoms with Crippen LogP contribution in [0.3, 0.4) is 0 Å². The van der Waals surface area contributed by atoms with E-state index in [-0.39, 0.29) is 18.3 Å². The molecule has 22 heavy (non-hydrogen) atoms. The van der Waals surface area contributed by atoms with E-state index in [4.69, 9.17) is 4.74 Å². The number of hydrogen-bond donors (Lipinski definition) is 0. The van der Waals surface area contributed by atoms with E-state index in [1.807, 2.05) is 12.1 Å². The Morgan fingerprint density at radius 2 is 2.00 bits per heavy atom. The molecule has 0 heterocycles. The third kappa shape index (κ3) is 6.60. The Kier molecular flexibility index (Phi) is 8.17. The Balaban J connectivity index is 2.75. The van der Waals surface area contributed by atoms with Gasteiger partial charge in [-0.05, 0) is 37.5 Å². The summed E-state index contributed by atoms with van der Waals surface area (Å²) in [6.45, 7) is 7.41. The summed E-state index contributed by atoms with van der Waals surface area (Å²) in [6, 6.07) is 7.31. The molecule has 0 aromatic heterocycles. The second-order valence-corrected chi connectivity index (χ2v) is 6.46. The number of carbonyl (C=O) groups excluding carboxylic acids is 2. The summed E-state index contributed by atoms with van der Waals surface area (Å²) in [5.41, 5.74) is 0.627. The van der Waals surface area contributed by atoms with Gasteiger partial charge in [-0.1, -0.05) is 35.8 Å². The topological polar surface area (TPSA) is 46.6 Å². The van der Waals surface area contributed by atoms with Crippen LogP contribution in [-0.2, 0) is 9.53 Å². The number of nitrogens with zero attached hydrogens (tertiary/aromatic N) is 1. The van der Waals surface area contributed by atoms with Gasteiger partial charge in [0.1, 0.15) is 0 Å². The van der Waals surface area contributed by atoms with Gasteiger partial charge in [-0.25, -0.2) is 0 Å². The van der Waals surface area contributed by atoms with Crippen molar-refractivity contribution in [1.29, 1.82) is 0 Å². The SMILES string of the molecule is CCOC(=O)CCN(CCC(C)C)C(=O)c1cccc(Br)c1. The molecule has 4 nitrogen and oxygen atoms in total. The minimum absolute atomic E-state index is 0.0498. The summed E-state index contributed by atoms with van der Waals surface area (Å²) in [4.78, 5) is 25.9. The van der Waals surface area contributed by atoms with E-state index in [1.165, 1.54) is 0 Å². The molecule has 1 aromatic carbocycles. The van der Waals surface area contributed by atoms with Crippen LogP contribution in [0.4, 0.5) is 0 Å². The van der Waals surface area contributed by atoms with Gasteiger partial charge in [0.25, 0.3) is 5.91 Å². The number of esters is 1. The highest BCUT2D eigenvalue weighted by atomic mass is 79.9. The molecule has 5 heteroatoms. The predicted octanol–water partition coefficient (Wildman–Crippen LogP) is 3.89. The number of halogens is 1. The van der Waals surface area contributed by atoms with Gasteiger partial charge in [0.2, 0.25) is 0 Å². The highest BCUT2D eigenvalue weighted by molar-refractivity contribution is 9.10. The van der Waals surface area contributed by atoms with Crippen molar-refractivity contribution in [3.8, 4) is 0 Å². The van der Waals surface area contributed by atoms with E-state index in [9.17, 15) is 9.59 Å². The molecule has 0 saturated carbocycles. The third-order valence-electron chi connectivity index (χ3n) is 3.23. The van der Waals surface area contributed by atoms with Crippen molar-refractivity contribution < 1.29 is 14.3 Å². The van der Waals surface area contributed by atoms with Crippen molar-refractivity contribution in [3.05, 3.63) is 34.3 Å². The number of amides is 1. The quantitative estimate of drug-likeness (QED) is 0.653. The molecule has 0 fully saturated rings. The lowest BCUT2D eigenvalue weighted by Gasteiger charge is -2.23. The first kappa shape index (κ1) is 18.7. The average Bonchev–Trinajstić information content (AvgIpc) is 2.46. The third-order valence-corrected chi connectivity index (χ3v) is 3.72. The molecule has 0 radical (unpaired) electrons. The molecule has 0 N–H and O–H groups in total. The molecule has 0 spiro atoms. The minimum Gasteiger partial charge on any atom is -0.466 e. The van der Waals surface area contributed by atoms with Crippen molar-refractivity contribution >= 4 is 27.8 Å². The standard InChI is InChI=1S/C17H24BrNO3/c1-4-22-16(20)9-11-19(10-8-13(2)3)17(21)14-6-5-7-15(18)12-14/h5-7,12-13H,4,8-11H2,1-3H3. The first-order valence-electron chi connectivity index (χ1n) is 7.64. The first-order chi connectivity index (χ1) is 10.4. The minimum atomic E-state index is -0.265. The van der Waals surface area contributed by atoms with Gasteiger partial charge in [-0.3, -0.25) is 9.59 Å². The van der Waals surface area contributed by atoms with Crippen LogP contribution < -0.4 is 0 Å². The Hall–Kier alpha value is -1.36. The average molecular weight is 370 g/mol. The summed E-state index contributed by atoms with van der Waals surface area (Å²) >= 11 is 3.38. The highest BCUT2D eigenvalue weighted by Gasteiger charge is 2.17. The largest absolute Gasteiger partial charge is 0.466 e. The molecule has 0 bridgehead atoms. The monoisotopic (exact) mass is 369 g/mol. The van der Waals surface area contributed by atoms with Crippen LogP contribution in [0.2, 0.25) is 0 Å². The zero-order valence-electron chi connectivity index (χ0n) is 13.5. The van der Waals surface area contributed by atoms with Crippen molar-refractivity contribution in [2.24, 2.45) is 5.92 Å². The van der Waals surface area contributed by atoms with Gasteiger partial charge in [0, 0.05) is 23.1 Å². The zero-order chi connectivity index (χ0) is 16.5. The van der Waals surface area contributed by atoms with Crippen LogP contribution >= 0.6 is 15.9 Å². The lowest BCUT2D eigenvalue weighted by atomic mass is 10.1. The second kappa shape index (κ2) is 9.62. The summed E-state index contributed by atoms with van der Waals surface area (Å²) in [5, 5.41) is 0. The summed E-state index contributed by atoms with van der Waals surface area (Å²) < 4.78 is 5.81. The van der Waals surface area contributed by atoms with Crippen LogP contribution in [0.15, 0.2) is 28.7 Å². The molecule has 0 unspecified atom stereocenters. The van der Waals surface area contributed by atoms with Gasteiger partial charge in [-0.2, -0.15) is 0 Å². The summed E-state index contributed by atoms with van der Waals surface area (Å²) in [7, 11) is 0. The van der Waals surface area contributed by atoms with Crippen LogP contribution in [0.25, 0.3) is 0 Å². The van der Waals surface area contributed by atoms with Gasteiger partial charge in [0.15, 0.2) is 0 Å². The molecule has 0 aliphatic heterocycles. The number of ether oxygens (including phenoxy) is 1. The maximum absolute atomic E-state index is 12.6. The Bertz CT molecular complexity index is 502. The molecule has 0 atom stereocenters. The Labute approximate surface area is 141 Å². The Morgan fingerprint density at radius 3 is 2.59 bits per heavy atom. The maximum Gasteiger partial charge on any atom is 0.307 e. The van der Waals surface area contributed by atoms with Gasteiger partial charge in [0.05, 0.1) is 13.0 Å². The number of benzene rings is 1. The van der Waals surface area contributed by atoms with Gasteiger partial charge >= 0.3 is 5.97 Å². The van der Waals surface area contributed by atoms with Gasteiger partial charge in [-0.15, -0.1) is 0 Å². The Morgan fingerprint density at radius 1 is 1.27 bits per heavy atom. The molecule has 0 aliphatic carbocycles. The summed E-state index contributed by atoms with van der Waals surface area (Å²) in [6.07, 6.45) is 1.13.